The Hall–Kier alpha value is -3.05. The van der Waals surface area contributed by atoms with Gasteiger partial charge in [0.05, 0.1) is 22.2 Å². The molecule has 160 valence electrons. The summed E-state index contributed by atoms with van der Waals surface area (Å²) in [6.45, 7) is 4.49. The molecule has 2 aromatic heterocycles. The Morgan fingerprint density at radius 2 is 2.00 bits per heavy atom. The van der Waals surface area contributed by atoms with Crippen molar-refractivity contribution in [3.8, 4) is 0 Å². The van der Waals surface area contributed by atoms with E-state index < -0.39 is 21.8 Å². The van der Waals surface area contributed by atoms with Crippen LogP contribution in [0.5, 0.6) is 0 Å². The molecule has 0 bridgehead atoms. The number of halogens is 1. The van der Waals surface area contributed by atoms with Crippen molar-refractivity contribution in [1.82, 2.24) is 19.3 Å². The Balaban J connectivity index is 2.03. The molecule has 3 aromatic rings. The minimum atomic E-state index is -3.94. The molecule has 1 aromatic carbocycles. The number of nitrogens with one attached hydrogen (secondary N) is 3. The maximum Gasteiger partial charge on any atom is 0.301 e. The molecule has 0 radical (unpaired) electrons. The number of nitrogens with zero attached hydrogens (tertiary/aromatic N) is 3. The van der Waals surface area contributed by atoms with Crippen LogP contribution in [0.1, 0.15) is 36.2 Å². The van der Waals surface area contributed by atoms with Crippen LogP contribution in [-0.2, 0) is 10.2 Å². The van der Waals surface area contributed by atoms with Crippen LogP contribution < -0.4 is 10.0 Å². The lowest BCUT2D eigenvalue weighted by Gasteiger charge is -2.17. The zero-order chi connectivity index (χ0) is 21.9. The Kier molecular flexibility index (Phi) is 6.32. The summed E-state index contributed by atoms with van der Waals surface area (Å²) in [6.07, 6.45) is 3.66. The van der Waals surface area contributed by atoms with Gasteiger partial charge in [0, 0.05) is 26.3 Å². The molecule has 2 heterocycles. The molecule has 9 nitrogen and oxygen atoms in total. The first-order valence-corrected chi connectivity index (χ1v) is 10.9. The van der Waals surface area contributed by atoms with Crippen molar-refractivity contribution in [2.45, 2.75) is 20.3 Å². The Morgan fingerprint density at radius 3 is 2.70 bits per heavy atom. The lowest BCUT2D eigenvalue weighted by atomic mass is 10.0. The number of fused-ring (bicyclic) bond motifs is 1. The number of carbonyl (C=O) groups is 1. The van der Waals surface area contributed by atoms with E-state index in [1.54, 1.807) is 6.92 Å². The van der Waals surface area contributed by atoms with Crippen LogP contribution in [0.25, 0.3) is 11.0 Å². The highest BCUT2D eigenvalue weighted by atomic mass is 32.2. The smallest absolute Gasteiger partial charge is 0.301 e. The predicted molar refractivity (Wildman–Crippen MR) is 113 cm³/mol. The van der Waals surface area contributed by atoms with Crippen LogP contribution in [-0.4, -0.2) is 53.6 Å². The van der Waals surface area contributed by atoms with E-state index in [2.05, 4.69) is 25.0 Å². The fraction of sp³-hybridized carbons (Fsp3) is 0.316. The molecular formula is C19H23FN6O3S. The molecule has 0 saturated carbocycles. The van der Waals surface area contributed by atoms with Crippen molar-refractivity contribution < 1.29 is 17.6 Å². The Morgan fingerprint density at radius 1 is 1.23 bits per heavy atom. The third-order valence-corrected chi connectivity index (χ3v) is 6.15. The van der Waals surface area contributed by atoms with Gasteiger partial charge in [-0.2, -0.15) is 12.7 Å². The Bertz CT molecular complexity index is 1180. The highest BCUT2D eigenvalue weighted by Crippen LogP contribution is 2.28. The number of hydrogen-bond acceptors (Lipinski definition) is 6. The van der Waals surface area contributed by atoms with Crippen LogP contribution in [0, 0.1) is 5.82 Å². The number of aromatic nitrogens is 3. The summed E-state index contributed by atoms with van der Waals surface area (Å²) < 4.78 is 42.8. The minimum absolute atomic E-state index is 0.189. The maximum atomic E-state index is 15.1. The molecule has 0 atom stereocenters. The first kappa shape index (κ1) is 21.7. The number of aromatic amines is 1. The zero-order valence-corrected chi connectivity index (χ0v) is 17.7. The standard InChI is InChI=1S/C19H23FN6O3S/c1-4-9-21-18-15-13(10-22-19(15)24-11-23-18)17(27)12-7-6-8-14(16(12)20)25-30(28,29)26(3)5-2/h6-8,10-11,25H,4-5,9H2,1-3H3,(H2,21,22,23,24). The fourth-order valence-corrected chi connectivity index (χ4v) is 3.77. The van der Waals surface area contributed by atoms with Crippen LogP contribution in [0.4, 0.5) is 15.9 Å². The van der Waals surface area contributed by atoms with Crippen molar-refractivity contribution in [2.75, 3.05) is 30.2 Å². The van der Waals surface area contributed by atoms with Gasteiger partial charge in [0.15, 0.2) is 11.6 Å². The van der Waals surface area contributed by atoms with Gasteiger partial charge in [0.25, 0.3) is 0 Å². The van der Waals surface area contributed by atoms with E-state index in [1.165, 1.54) is 37.8 Å². The van der Waals surface area contributed by atoms with Gasteiger partial charge < -0.3 is 10.3 Å². The molecule has 0 aliphatic carbocycles. The summed E-state index contributed by atoms with van der Waals surface area (Å²) >= 11 is 0. The lowest BCUT2D eigenvalue weighted by molar-refractivity contribution is 0.103. The SMILES string of the molecule is CCCNc1ncnc2[nH]cc(C(=O)c3cccc(NS(=O)(=O)N(C)CC)c3F)c12. The van der Waals surface area contributed by atoms with Crippen molar-refractivity contribution in [3.05, 3.63) is 47.7 Å². The van der Waals surface area contributed by atoms with Crippen molar-refractivity contribution in [1.29, 1.82) is 0 Å². The van der Waals surface area contributed by atoms with Gasteiger partial charge in [-0.1, -0.05) is 19.9 Å². The molecule has 0 fully saturated rings. The highest BCUT2D eigenvalue weighted by Gasteiger charge is 2.24. The second-order valence-corrected chi connectivity index (χ2v) is 8.37. The Labute approximate surface area is 173 Å². The van der Waals surface area contributed by atoms with Gasteiger partial charge in [-0.25, -0.2) is 14.4 Å². The summed E-state index contributed by atoms with van der Waals surface area (Å²) in [7, 11) is -2.57. The summed E-state index contributed by atoms with van der Waals surface area (Å²) in [5.41, 5.74) is 0.0599. The summed E-state index contributed by atoms with van der Waals surface area (Å²) in [4.78, 5) is 24.3. The van der Waals surface area contributed by atoms with Crippen molar-refractivity contribution in [3.63, 3.8) is 0 Å². The molecule has 3 N–H and O–H groups in total. The van der Waals surface area contributed by atoms with Gasteiger partial charge in [-0.3, -0.25) is 9.52 Å². The summed E-state index contributed by atoms with van der Waals surface area (Å²) in [5.74, 6) is -1.10. The van der Waals surface area contributed by atoms with Gasteiger partial charge in [0.2, 0.25) is 0 Å². The quantitative estimate of drug-likeness (QED) is 0.446. The van der Waals surface area contributed by atoms with E-state index >= 15 is 4.39 Å². The molecule has 0 unspecified atom stereocenters. The second kappa shape index (κ2) is 8.76. The molecule has 0 aliphatic rings. The minimum Gasteiger partial charge on any atom is -0.369 e. The number of H-pyrrole nitrogens is 1. The molecular weight excluding hydrogens is 411 g/mol. The molecule has 0 spiro atoms. The van der Waals surface area contributed by atoms with Crippen LogP contribution in [0.2, 0.25) is 0 Å². The van der Waals surface area contributed by atoms with Gasteiger partial charge in [-0.15, -0.1) is 0 Å². The predicted octanol–water partition coefficient (Wildman–Crippen LogP) is 2.76. The van der Waals surface area contributed by atoms with Crippen LogP contribution in [0.3, 0.4) is 0 Å². The van der Waals surface area contributed by atoms with E-state index in [1.807, 2.05) is 6.92 Å². The van der Waals surface area contributed by atoms with Crippen LogP contribution >= 0.6 is 0 Å². The number of carbonyl (C=O) groups excluding carboxylic acids is 1. The van der Waals surface area contributed by atoms with Gasteiger partial charge in [0.1, 0.15) is 17.8 Å². The van der Waals surface area contributed by atoms with Crippen molar-refractivity contribution >= 4 is 38.5 Å². The number of ketones is 1. The van der Waals surface area contributed by atoms with Crippen molar-refractivity contribution in [2.24, 2.45) is 0 Å². The zero-order valence-electron chi connectivity index (χ0n) is 16.9. The monoisotopic (exact) mass is 434 g/mol. The maximum absolute atomic E-state index is 15.1. The van der Waals surface area contributed by atoms with E-state index in [4.69, 9.17) is 0 Å². The lowest BCUT2D eigenvalue weighted by Crippen LogP contribution is -2.32. The molecule has 11 heteroatoms. The largest absolute Gasteiger partial charge is 0.369 e. The third-order valence-electron chi connectivity index (χ3n) is 4.59. The number of rotatable bonds is 9. The average Bonchev–Trinajstić information content (AvgIpc) is 3.17. The van der Waals surface area contributed by atoms with Gasteiger partial charge >= 0.3 is 10.2 Å². The first-order valence-electron chi connectivity index (χ1n) is 9.43. The van der Waals surface area contributed by atoms with E-state index in [0.29, 0.717) is 23.4 Å². The molecule has 0 amide bonds. The normalized spacial score (nSPS) is 11.8. The average molecular weight is 434 g/mol. The van der Waals surface area contributed by atoms with Crippen LogP contribution in [0.15, 0.2) is 30.7 Å². The molecule has 3 rings (SSSR count). The molecule has 0 aliphatic heterocycles. The van der Waals surface area contributed by atoms with E-state index in [0.717, 1.165) is 10.7 Å². The van der Waals surface area contributed by atoms with E-state index in [-0.39, 0.29) is 23.4 Å². The number of hydrogen-bond donors (Lipinski definition) is 3. The van der Waals surface area contributed by atoms with Gasteiger partial charge in [-0.05, 0) is 18.6 Å². The number of anilines is 2. The summed E-state index contributed by atoms with van der Waals surface area (Å²) in [5, 5.41) is 3.58. The third kappa shape index (κ3) is 4.12. The topological polar surface area (TPSA) is 120 Å². The molecule has 0 saturated heterocycles. The van der Waals surface area contributed by atoms with E-state index in [9.17, 15) is 13.2 Å². The highest BCUT2D eigenvalue weighted by molar-refractivity contribution is 7.90. The number of benzene rings is 1. The first-order chi connectivity index (χ1) is 14.3. The second-order valence-electron chi connectivity index (χ2n) is 6.59. The fourth-order valence-electron chi connectivity index (χ4n) is 2.84. The molecule has 30 heavy (non-hydrogen) atoms. The summed E-state index contributed by atoms with van der Waals surface area (Å²) in [6, 6.07) is 3.99.